The van der Waals surface area contributed by atoms with Crippen LogP contribution in [0.15, 0.2) is 56.8 Å². The van der Waals surface area contributed by atoms with Crippen LogP contribution in [0.2, 0.25) is 0 Å². The summed E-state index contributed by atoms with van der Waals surface area (Å²) in [7, 11) is 2.56. The molecule has 0 aliphatic rings. The van der Waals surface area contributed by atoms with Gasteiger partial charge in [0.05, 0.1) is 16.2 Å². The second-order valence-corrected chi connectivity index (χ2v) is 8.69. The number of nitro benzene ring substituents is 1. The summed E-state index contributed by atoms with van der Waals surface area (Å²) in [6, 6.07) is 9.34. The fourth-order valence-electron chi connectivity index (χ4n) is 3.61. The molecule has 0 aliphatic heterocycles. The van der Waals surface area contributed by atoms with Gasteiger partial charge < -0.3 is 4.74 Å². The van der Waals surface area contributed by atoms with Gasteiger partial charge in [-0.25, -0.2) is 13.8 Å². The van der Waals surface area contributed by atoms with Gasteiger partial charge in [-0.2, -0.15) is 0 Å². The van der Waals surface area contributed by atoms with E-state index in [4.69, 9.17) is 4.74 Å². The van der Waals surface area contributed by atoms with E-state index in [9.17, 15) is 28.9 Å². The van der Waals surface area contributed by atoms with E-state index in [0.29, 0.717) is 3.57 Å². The highest BCUT2D eigenvalue weighted by molar-refractivity contribution is 14.1. The summed E-state index contributed by atoms with van der Waals surface area (Å²) in [5, 5.41) is 11.1. The number of aryl methyl sites for hydroxylation is 1. The maximum atomic E-state index is 14.9. The number of nitrogens with zero attached hydrogens (tertiary/aromatic N) is 4. The van der Waals surface area contributed by atoms with Crippen molar-refractivity contribution in [3.8, 4) is 17.2 Å². The van der Waals surface area contributed by atoms with Crippen LogP contribution in [0.1, 0.15) is 5.56 Å². The molecule has 2 heterocycles. The van der Waals surface area contributed by atoms with Crippen molar-refractivity contribution in [2.24, 2.45) is 14.1 Å². The number of pyridine rings is 1. The molecule has 0 bridgehead atoms. The third kappa shape index (κ3) is 3.69. The molecule has 0 amide bonds. The van der Waals surface area contributed by atoms with Crippen LogP contribution < -0.4 is 21.5 Å². The molecule has 0 saturated heterocycles. The average molecular weight is 578 g/mol. The second-order valence-electron chi connectivity index (χ2n) is 7.44. The molecule has 0 fully saturated rings. The lowest BCUT2D eigenvalue weighted by molar-refractivity contribution is -0.385. The molecule has 2 aromatic heterocycles. The van der Waals surface area contributed by atoms with E-state index in [-0.39, 0.29) is 39.5 Å². The normalized spacial score (nSPS) is 11.1. The molecule has 174 valence electrons. The van der Waals surface area contributed by atoms with E-state index < -0.39 is 27.5 Å². The minimum Gasteiger partial charge on any atom is -0.456 e. The minimum absolute atomic E-state index is 0.0454. The van der Waals surface area contributed by atoms with Crippen LogP contribution in [0.4, 0.5) is 10.1 Å². The Morgan fingerprint density at radius 1 is 1.03 bits per heavy atom. The first-order valence-electron chi connectivity index (χ1n) is 9.76. The molecule has 0 atom stereocenters. The van der Waals surface area contributed by atoms with E-state index in [1.165, 1.54) is 51.4 Å². The van der Waals surface area contributed by atoms with Gasteiger partial charge in [0.25, 0.3) is 16.8 Å². The van der Waals surface area contributed by atoms with Gasteiger partial charge in [0.1, 0.15) is 28.3 Å². The summed E-state index contributed by atoms with van der Waals surface area (Å²) < 4.78 is 24.0. The summed E-state index contributed by atoms with van der Waals surface area (Å²) in [5.74, 6) is -0.909. The number of hydrogen-bond donors (Lipinski definition) is 0. The predicted molar refractivity (Wildman–Crippen MR) is 131 cm³/mol. The van der Waals surface area contributed by atoms with Crippen molar-refractivity contribution in [1.29, 1.82) is 0 Å². The first kappa shape index (κ1) is 23.4. The monoisotopic (exact) mass is 578 g/mol. The number of benzene rings is 2. The molecular weight excluding hydrogens is 562 g/mol. The largest absolute Gasteiger partial charge is 0.456 e. The van der Waals surface area contributed by atoms with Gasteiger partial charge in [0, 0.05) is 29.8 Å². The van der Waals surface area contributed by atoms with Crippen molar-refractivity contribution in [2.75, 3.05) is 0 Å². The standard InChI is InChI=1S/C22H16FIN4O6/c1-11-14(28(32)33)5-4-6-16(11)34-17-10-18(29)25(2)20-19(17)21(30)26(3)22(31)27(20)15-8-7-12(24)9-13(15)23/h4-10H,1-3H3. The summed E-state index contributed by atoms with van der Waals surface area (Å²) in [6.45, 7) is 1.46. The van der Waals surface area contributed by atoms with Gasteiger partial charge >= 0.3 is 5.69 Å². The predicted octanol–water partition coefficient (Wildman–Crippen LogP) is 3.14. The Bertz CT molecular complexity index is 1690. The molecule has 0 spiro atoms. The first-order chi connectivity index (χ1) is 16.0. The van der Waals surface area contributed by atoms with Crippen molar-refractivity contribution in [3.05, 3.63) is 98.7 Å². The Balaban J connectivity index is 2.13. The lowest BCUT2D eigenvalue weighted by atomic mass is 10.2. The van der Waals surface area contributed by atoms with Crippen LogP contribution in [-0.4, -0.2) is 18.6 Å². The van der Waals surface area contributed by atoms with Gasteiger partial charge in [-0.3, -0.25) is 28.8 Å². The number of fused-ring (bicyclic) bond motifs is 1. The van der Waals surface area contributed by atoms with Gasteiger partial charge in [-0.05, 0) is 53.8 Å². The Hall–Kier alpha value is -3.81. The third-order valence-electron chi connectivity index (χ3n) is 5.40. The zero-order valence-electron chi connectivity index (χ0n) is 18.0. The molecule has 10 nitrogen and oxygen atoms in total. The van der Waals surface area contributed by atoms with Crippen LogP contribution in [0.3, 0.4) is 0 Å². The van der Waals surface area contributed by atoms with E-state index in [1.807, 2.05) is 22.6 Å². The maximum absolute atomic E-state index is 14.9. The lowest BCUT2D eigenvalue weighted by Crippen LogP contribution is -2.40. The van der Waals surface area contributed by atoms with Crippen LogP contribution in [0.25, 0.3) is 16.7 Å². The van der Waals surface area contributed by atoms with Crippen LogP contribution in [-0.2, 0) is 14.1 Å². The number of aromatic nitrogens is 3. The van der Waals surface area contributed by atoms with E-state index in [1.54, 1.807) is 6.07 Å². The van der Waals surface area contributed by atoms with Gasteiger partial charge in [-0.1, -0.05) is 6.07 Å². The van der Waals surface area contributed by atoms with Crippen LogP contribution >= 0.6 is 22.6 Å². The average Bonchev–Trinajstić information content (AvgIpc) is 2.77. The quantitative estimate of drug-likeness (QED) is 0.209. The lowest BCUT2D eigenvalue weighted by Gasteiger charge is -2.18. The fraction of sp³-hybridized carbons (Fsp3) is 0.136. The molecule has 0 radical (unpaired) electrons. The summed E-state index contributed by atoms with van der Waals surface area (Å²) in [5.41, 5.74) is -2.67. The second kappa shape index (κ2) is 8.52. The smallest absolute Gasteiger partial charge is 0.337 e. The summed E-state index contributed by atoms with van der Waals surface area (Å²) in [6.07, 6.45) is 0. The molecule has 0 saturated carbocycles. The Morgan fingerprint density at radius 2 is 1.74 bits per heavy atom. The SMILES string of the molecule is Cc1c(Oc2cc(=O)n(C)c3c2c(=O)n(C)c(=O)n3-c2ccc(I)cc2F)cccc1[N+](=O)[O-]. The minimum atomic E-state index is -0.865. The van der Waals surface area contributed by atoms with Crippen LogP contribution in [0.5, 0.6) is 11.5 Å². The first-order valence-corrected chi connectivity index (χ1v) is 10.8. The van der Waals surface area contributed by atoms with Gasteiger partial charge in [-0.15, -0.1) is 0 Å². The third-order valence-corrected chi connectivity index (χ3v) is 6.08. The zero-order valence-corrected chi connectivity index (χ0v) is 20.2. The van der Waals surface area contributed by atoms with E-state index in [0.717, 1.165) is 19.8 Å². The van der Waals surface area contributed by atoms with E-state index in [2.05, 4.69) is 0 Å². The highest BCUT2D eigenvalue weighted by Crippen LogP contribution is 2.33. The Kier molecular flexibility index (Phi) is 5.85. The topological polar surface area (TPSA) is 118 Å². The fourth-order valence-corrected chi connectivity index (χ4v) is 4.06. The molecule has 0 unspecified atom stereocenters. The molecular formula is C22H16FIN4O6. The maximum Gasteiger partial charge on any atom is 0.337 e. The van der Waals surface area contributed by atoms with Crippen molar-refractivity contribution < 1.29 is 14.1 Å². The number of rotatable bonds is 4. The van der Waals surface area contributed by atoms with Gasteiger partial charge in [0.2, 0.25) is 0 Å². The van der Waals surface area contributed by atoms with Gasteiger partial charge in [0.15, 0.2) is 0 Å². The number of halogens is 2. The molecule has 12 heteroatoms. The van der Waals surface area contributed by atoms with Crippen molar-refractivity contribution in [1.82, 2.24) is 13.7 Å². The van der Waals surface area contributed by atoms with Crippen LogP contribution in [0, 0.1) is 26.4 Å². The Morgan fingerprint density at radius 3 is 2.38 bits per heavy atom. The number of nitro groups is 1. The highest BCUT2D eigenvalue weighted by atomic mass is 127. The molecule has 2 aromatic carbocycles. The molecule has 4 rings (SSSR count). The summed E-state index contributed by atoms with van der Waals surface area (Å²) >= 11 is 1.91. The number of ether oxygens (including phenoxy) is 1. The van der Waals surface area contributed by atoms with E-state index >= 15 is 0 Å². The Labute approximate surface area is 203 Å². The van der Waals surface area contributed by atoms with Crippen molar-refractivity contribution in [2.45, 2.75) is 6.92 Å². The van der Waals surface area contributed by atoms with Crippen molar-refractivity contribution in [3.63, 3.8) is 0 Å². The highest BCUT2D eigenvalue weighted by Gasteiger charge is 2.23. The zero-order chi connectivity index (χ0) is 24.9. The number of hydrogen-bond acceptors (Lipinski definition) is 6. The molecule has 0 aliphatic carbocycles. The summed E-state index contributed by atoms with van der Waals surface area (Å²) in [4.78, 5) is 49.7. The molecule has 0 N–H and O–H groups in total. The van der Waals surface area contributed by atoms with Crippen molar-refractivity contribution >= 4 is 39.3 Å². The molecule has 34 heavy (non-hydrogen) atoms. The molecule has 4 aromatic rings.